The molecule has 0 amide bonds. The van der Waals surface area contributed by atoms with Crippen molar-refractivity contribution in [2.24, 2.45) is 0 Å². The highest BCUT2D eigenvalue weighted by Crippen LogP contribution is 2.29. The molecule has 3 aromatic rings. The van der Waals surface area contributed by atoms with Gasteiger partial charge in [-0.2, -0.15) is 13.2 Å². The number of rotatable bonds is 6. The van der Waals surface area contributed by atoms with Crippen LogP contribution >= 0.6 is 0 Å². The first kappa shape index (κ1) is 18.5. The minimum absolute atomic E-state index is 0.195. The summed E-state index contributed by atoms with van der Waals surface area (Å²) in [4.78, 5) is 0. The van der Waals surface area contributed by atoms with Crippen LogP contribution in [-0.2, 0) is 12.6 Å². The summed E-state index contributed by atoms with van der Waals surface area (Å²) in [6.45, 7) is 2.86. The molecule has 0 saturated carbocycles. The highest BCUT2D eigenvalue weighted by Gasteiger charge is 2.30. The normalized spacial score (nSPS) is 13.1. The highest BCUT2D eigenvalue weighted by atomic mass is 19.4. The van der Waals surface area contributed by atoms with Crippen LogP contribution in [0.25, 0.3) is 10.8 Å². The van der Waals surface area contributed by atoms with Crippen molar-refractivity contribution in [1.82, 2.24) is 5.32 Å². The third-order valence-electron chi connectivity index (χ3n) is 4.62. The van der Waals surface area contributed by atoms with Crippen molar-refractivity contribution >= 4 is 10.8 Å². The minimum Gasteiger partial charge on any atom is -0.310 e. The van der Waals surface area contributed by atoms with Crippen molar-refractivity contribution in [3.05, 3.63) is 83.4 Å². The molecule has 0 spiro atoms. The molecule has 26 heavy (non-hydrogen) atoms. The third kappa shape index (κ3) is 4.64. The lowest BCUT2D eigenvalue weighted by atomic mass is 10.0. The van der Waals surface area contributed by atoms with Gasteiger partial charge in [0.1, 0.15) is 0 Å². The first-order chi connectivity index (χ1) is 12.4. The van der Waals surface area contributed by atoms with Crippen LogP contribution < -0.4 is 5.32 Å². The smallest absolute Gasteiger partial charge is 0.310 e. The van der Waals surface area contributed by atoms with E-state index in [2.05, 4.69) is 42.6 Å². The van der Waals surface area contributed by atoms with Gasteiger partial charge in [0.25, 0.3) is 0 Å². The molecule has 0 saturated heterocycles. The van der Waals surface area contributed by atoms with E-state index in [4.69, 9.17) is 0 Å². The second-order valence-electron chi connectivity index (χ2n) is 6.58. The maximum Gasteiger partial charge on any atom is 0.416 e. The molecule has 3 rings (SSSR count). The Bertz CT molecular complexity index is 870. The van der Waals surface area contributed by atoms with E-state index in [0.717, 1.165) is 24.6 Å². The Morgan fingerprint density at radius 1 is 0.885 bits per heavy atom. The maximum absolute atomic E-state index is 12.7. The van der Waals surface area contributed by atoms with Gasteiger partial charge < -0.3 is 5.32 Å². The van der Waals surface area contributed by atoms with Gasteiger partial charge in [-0.15, -0.1) is 0 Å². The van der Waals surface area contributed by atoms with Crippen LogP contribution in [0.3, 0.4) is 0 Å². The first-order valence-corrected chi connectivity index (χ1v) is 8.82. The summed E-state index contributed by atoms with van der Waals surface area (Å²) >= 11 is 0. The SMILES string of the molecule is C[C@H](NCCCc1cccc(C(F)(F)F)c1)c1ccc2ccccc2c1. The molecule has 0 heterocycles. The molecule has 0 fully saturated rings. The number of aryl methyl sites for hydroxylation is 1. The van der Waals surface area contributed by atoms with Gasteiger partial charge in [0, 0.05) is 6.04 Å². The zero-order chi connectivity index (χ0) is 18.6. The standard InChI is InChI=1S/C22H22F3N/c1-16(19-12-11-18-8-2-3-9-20(18)15-19)26-13-5-7-17-6-4-10-21(14-17)22(23,24)25/h2-4,6,8-12,14-16,26H,5,7,13H2,1H3/t16-/m0/s1. The Morgan fingerprint density at radius 3 is 2.42 bits per heavy atom. The van der Waals surface area contributed by atoms with E-state index in [9.17, 15) is 13.2 Å². The second-order valence-corrected chi connectivity index (χ2v) is 6.58. The van der Waals surface area contributed by atoms with E-state index in [1.807, 2.05) is 12.1 Å². The molecule has 136 valence electrons. The summed E-state index contributed by atoms with van der Waals surface area (Å²) in [5.74, 6) is 0. The second kappa shape index (κ2) is 7.92. The van der Waals surface area contributed by atoms with Crippen molar-refractivity contribution in [2.45, 2.75) is 32.0 Å². The Balaban J connectivity index is 1.53. The lowest BCUT2D eigenvalue weighted by Crippen LogP contribution is -2.20. The van der Waals surface area contributed by atoms with Crippen molar-refractivity contribution in [2.75, 3.05) is 6.54 Å². The molecular formula is C22H22F3N. The van der Waals surface area contributed by atoms with Crippen molar-refractivity contribution < 1.29 is 13.2 Å². The van der Waals surface area contributed by atoms with Crippen molar-refractivity contribution in [1.29, 1.82) is 0 Å². The zero-order valence-corrected chi connectivity index (χ0v) is 14.7. The fraction of sp³-hybridized carbons (Fsp3) is 0.273. The predicted molar refractivity (Wildman–Crippen MR) is 100 cm³/mol. The average Bonchev–Trinajstić information content (AvgIpc) is 2.64. The van der Waals surface area contributed by atoms with Gasteiger partial charge in [-0.05, 0) is 60.3 Å². The van der Waals surface area contributed by atoms with E-state index in [1.165, 1.54) is 28.5 Å². The largest absolute Gasteiger partial charge is 0.416 e. The van der Waals surface area contributed by atoms with Crippen molar-refractivity contribution in [3.8, 4) is 0 Å². The molecule has 4 heteroatoms. The van der Waals surface area contributed by atoms with Gasteiger partial charge in [-0.3, -0.25) is 0 Å². The van der Waals surface area contributed by atoms with Crippen LogP contribution in [0.4, 0.5) is 13.2 Å². The Hall–Kier alpha value is -2.33. The number of halogens is 3. The van der Waals surface area contributed by atoms with Gasteiger partial charge in [0.05, 0.1) is 5.56 Å². The lowest BCUT2D eigenvalue weighted by molar-refractivity contribution is -0.137. The van der Waals surface area contributed by atoms with E-state index < -0.39 is 11.7 Å². The summed E-state index contributed by atoms with van der Waals surface area (Å²) in [5, 5.41) is 5.88. The molecule has 0 aliphatic heterocycles. The summed E-state index contributed by atoms with van der Waals surface area (Å²) in [7, 11) is 0. The fourth-order valence-corrected chi connectivity index (χ4v) is 3.11. The number of hydrogen-bond acceptors (Lipinski definition) is 1. The fourth-order valence-electron chi connectivity index (χ4n) is 3.11. The Labute approximate surface area is 151 Å². The van der Waals surface area contributed by atoms with Crippen molar-refractivity contribution in [3.63, 3.8) is 0 Å². The molecule has 1 N–H and O–H groups in total. The van der Waals surface area contributed by atoms with E-state index in [1.54, 1.807) is 6.07 Å². The molecular weight excluding hydrogens is 335 g/mol. The first-order valence-electron chi connectivity index (χ1n) is 8.82. The van der Waals surface area contributed by atoms with E-state index >= 15 is 0 Å². The summed E-state index contributed by atoms with van der Waals surface area (Å²) < 4.78 is 38.2. The molecule has 1 nitrogen and oxygen atoms in total. The number of benzene rings is 3. The van der Waals surface area contributed by atoms with Crippen LogP contribution in [0.15, 0.2) is 66.7 Å². The van der Waals surface area contributed by atoms with E-state index in [-0.39, 0.29) is 6.04 Å². The van der Waals surface area contributed by atoms with Crippen LogP contribution in [0, 0.1) is 0 Å². The van der Waals surface area contributed by atoms with Crippen LogP contribution in [-0.4, -0.2) is 6.54 Å². The third-order valence-corrected chi connectivity index (χ3v) is 4.62. The Kier molecular flexibility index (Phi) is 5.62. The average molecular weight is 357 g/mol. The molecule has 0 bridgehead atoms. The van der Waals surface area contributed by atoms with Crippen LogP contribution in [0.1, 0.15) is 36.1 Å². The van der Waals surface area contributed by atoms with Gasteiger partial charge >= 0.3 is 6.18 Å². The topological polar surface area (TPSA) is 12.0 Å². The molecule has 0 aliphatic rings. The number of nitrogens with one attached hydrogen (secondary N) is 1. The molecule has 0 radical (unpaired) electrons. The lowest BCUT2D eigenvalue weighted by Gasteiger charge is -2.15. The van der Waals surface area contributed by atoms with E-state index in [0.29, 0.717) is 6.42 Å². The van der Waals surface area contributed by atoms with Crippen LogP contribution in [0.5, 0.6) is 0 Å². The maximum atomic E-state index is 12.7. The summed E-state index contributed by atoms with van der Waals surface area (Å²) in [6.07, 6.45) is -2.86. The number of alkyl halides is 3. The van der Waals surface area contributed by atoms with Gasteiger partial charge in [0.2, 0.25) is 0 Å². The predicted octanol–water partition coefficient (Wildman–Crippen LogP) is 6.14. The van der Waals surface area contributed by atoms with Gasteiger partial charge in [0.15, 0.2) is 0 Å². The van der Waals surface area contributed by atoms with Crippen LogP contribution in [0.2, 0.25) is 0 Å². The molecule has 1 atom stereocenters. The zero-order valence-electron chi connectivity index (χ0n) is 14.7. The molecule has 0 unspecified atom stereocenters. The number of fused-ring (bicyclic) bond motifs is 1. The number of hydrogen-bond donors (Lipinski definition) is 1. The quantitative estimate of drug-likeness (QED) is 0.522. The molecule has 0 aliphatic carbocycles. The highest BCUT2D eigenvalue weighted by molar-refractivity contribution is 5.83. The molecule has 3 aromatic carbocycles. The summed E-state index contributed by atoms with van der Waals surface area (Å²) in [6, 6.07) is 20.4. The summed E-state index contributed by atoms with van der Waals surface area (Å²) in [5.41, 5.74) is 1.36. The Morgan fingerprint density at radius 2 is 1.65 bits per heavy atom. The monoisotopic (exact) mass is 357 g/mol. The van der Waals surface area contributed by atoms with Gasteiger partial charge in [-0.1, -0.05) is 54.6 Å². The van der Waals surface area contributed by atoms with Gasteiger partial charge in [-0.25, -0.2) is 0 Å². The molecule has 0 aromatic heterocycles. The minimum atomic E-state index is -4.28.